The molecule has 0 aromatic rings. The van der Waals surface area contributed by atoms with E-state index in [9.17, 15) is 4.79 Å². The lowest BCUT2D eigenvalue weighted by Crippen LogP contribution is -2.43. The molecule has 0 aromatic heterocycles. The molecule has 0 heterocycles. The van der Waals surface area contributed by atoms with E-state index in [1.54, 1.807) is 6.08 Å². The van der Waals surface area contributed by atoms with Gasteiger partial charge < -0.3 is 11.1 Å². The molecule has 13 heavy (non-hydrogen) atoms. The molecule has 1 amide bonds. The lowest BCUT2D eigenvalue weighted by atomic mass is 9.84. The van der Waals surface area contributed by atoms with Gasteiger partial charge in [-0.3, -0.25) is 4.79 Å². The molecule has 1 aliphatic rings. The number of rotatable bonds is 3. The van der Waals surface area contributed by atoms with E-state index < -0.39 is 0 Å². The molecule has 0 saturated heterocycles. The first kappa shape index (κ1) is 10.3. The van der Waals surface area contributed by atoms with Crippen molar-refractivity contribution in [3.05, 3.63) is 12.7 Å². The number of amides is 1. The second-order valence-corrected chi connectivity index (χ2v) is 3.59. The quantitative estimate of drug-likeness (QED) is 0.634. The lowest BCUT2D eigenvalue weighted by molar-refractivity contribution is -0.126. The van der Waals surface area contributed by atoms with E-state index >= 15 is 0 Å². The predicted molar refractivity (Wildman–Crippen MR) is 53.1 cm³/mol. The van der Waals surface area contributed by atoms with Crippen LogP contribution in [0.4, 0.5) is 0 Å². The fourth-order valence-electron chi connectivity index (χ4n) is 1.79. The third kappa shape index (κ3) is 2.84. The highest BCUT2D eigenvalue weighted by Crippen LogP contribution is 2.22. The molecule has 0 spiro atoms. The first-order valence-electron chi connectivity index (χ1n) is 4.90. The van der Waals surface area contributed by atoms with Crippen LogP contribution in [-0.4, -0.2) is 18.5 Å². The van der Waals surface area contributed by atoms with Crippen LogP contribution in [0.3, 0.4) is 0 Å². The van der Waals surface area contributed by atoms with E-state index in [0.717, 1.165) is 25.7 Å². The predicted octanol–water partition coefficient (Wildman–Crippen LogP) is 0.806. The Balaban J connectivity index is 2.39. The molecule has 1 rings (SSSR count). The largest absolute Gasteiger partial charge is 0.352 e. The summed E-state index contributed by atoms with van der Waals surface area (Å²) in [6.45, 7) is 4.09. The van der Waals surface area contributed by atoms with Gasteiger partial charge in [0.25, 0.3) is 0 Å². The number of hydrogen-bond donors (Lipinski definition) is 2. The summed E-state index contributed by atoms with van der Waals surface area (Å²) < 4.78 is 0. The summed E-state index contributed by atoms with van der Waals surface area (Å²) in [5, 5.41) is 2.80. The summed E-state index contributed by atoms with van der Waals surface area (Å²) in [6.07, 6.45) is 5.88. The smallest absolute Gasteiger partial charge is 0.224 e. The van der Waals surface area contributed by atoms with Gasteiger partial charge in [0, 0.05) is 12.6 Å². The highest BCUT2D eigenvalue weighted by molar-refractivity contribution is 5.79. The average molecular weight is 182 g/mol. The molecule has 1 aliphatic carbocycles. The highest BCUT2D eigenvalue weighted by atomic mass is 16.1. The van der Waals surface area contributed by atoms with Crippen molar-refractivity contribution < 1.29 is 4.79 Å². The number of hydrogen-bond acceptors (Lipinski definition) is 2. The molecule has 0 unspecified atom stereocenters. The van der Waals surface area contributed by atoms with Crippen molar-refractivity contribution in [2.24, 2.45) is 11.7 Å². The van der Waals surface area contributed by atoms with E-state index in [0.29, 0.717) is 6.54 Å². The zero-order valence-corrected chi connectivity index (χ0v) is 7.96. The van der Waals surface area contributed by atoms with Crippen LogP contribution in [0, 0.1) is 5.92 Å². The van der Waals surface area contributed by atoms with Crippen LogP contribution in [0.15, 0.2) is 12.7 Å². The molecule has 2 atom stereocenters. The van der Waals surface area contributed by atoms with Gasteiger partial charge in [-0.1, -0.05) is 18.9 Å². The maximum Gasteiger partial charge on any atom is 0.224 e. The van der Waals surface area contributed by atoms with Crippen LogP contribution in [0.25, 0.3) is 0 Å². The zero-order valence-electron chi connectivity index (χ0n) is 7.96. The summed E-state index contributed by atoms with van der Waals surface area (Å²) in [6, 6.07) is 0.0542. The Morgan fingerprint density at radius 3 is 2.85 bits per heavy atom. The van der Waals surface area contributed by atoms with Gasteiger partial charge in [0.15, 0.2) is 0 Å². The van der Waals surface area contributed by atoms with Crippen LogP contribution in [0.5, 0.6) is 0 Å². The van der Waals surface area contributed by atoms with E-state index in [4.69, 9.17) is 5.73 Å². The minimum absolute atomic E-state index is 0.0219. The van der Waals surface area contributed by atoms with Crippen molar-refractivity contribution in [3.8, 4) is 0 Å². The van der Waals surface area contributed by atoms with Gasteiger partial charge in [-0.2, -0.15) is 0 Å². The van der Waals surface area contributed by atoms with Crippen molar-refractivity contribution in [1.82, 2.24) is 5.32 Å². The Hall–Kier alpha value is -0.830. The molecule has 0 bridgehead atoms. The molecule has 3 heteroatoms. The molecule has 3 nitrogen and oxygen atoms in total. The summed E-state index contributed by atoms with van der Waals surface area (Å²) in [5.41, 5.74) is 5.86. The molecule has 1 fully saturated rings. The van der Waals surface area contributed by atoms with Crippen LogP contribution in [-0.2, 0) is 4.79 Å². The maximum absolute atomic E-state index is 11.5. The Kier molecular flexibility index (Phi) is 3.96. The summed E-state index contributed by atoms with van der Waals surface area (Å²) >= 11 is 0. The second kappa shape index (κ2) is 5.02. The van der Waals surface area contributed by atoms with Gasteiger partial charge >= 0.3 is 0 Å². The van der Waals surface area contributed by atoms with Crippen molar-refractivity contribution in [2.45, 2.75) is 31.7 Å². The van der Waals surface area contributed by atoms with E-state index in [-0.39, 0.29) is 17.9 Å². The summed E-state index contributed by atoms with van der Waals surface area (Å²) in [5.74, 6) is 0.112. The summed E-state index contributed by atoms with van der Waals surface area (Å²) in [7, 11) is 0. The Labute approximate surface area is 79.4 Å². The first-order valence-corrected chi connectivity index (χ1v) is 4.90. The number of carbonyl (C=O) groups excluding carboxylic acids is 1. The number of nitrogens with one attached hydrogen (secondary N) is 1. The highest BCUT2D eigenvalue weighted by Gasteiger charge is 2.27. The minimum atomic E-state index is 0.0219. The maximum atomic E-state index is 11.5. The Morgan fingerprint density at radius 1 is 1.54 bits per heavy atom. The molecular weight excluding hydrogens is 164 g/mol. The molecular formula is C10H18N2O. The van der Waals surface area contributed by atoms with Crippen molar-refractivity contribution in [1.29, 1.82) is 0 Å². The lowest BCUT2D eigenvalue weighted by Gasteiger charge is -2.27. The van der Waals surface area contributed by atoms with E-state index in [2.05, 4.69) is 11.9 Å². The van der Waals surface area contributed by atoms with Crippen LogP contribution in [0.2, 0.25) is 0 Å². The van der Waals surface area contributed by atoms with Gasteiger partial charge in [0.05, 0.1) is 5.92 Å². The van der Waals surface area contributed by atoms with Crippen molar-refractivity contribution >= 4 is 5.91 Å². The van der Waals surface area contributed by atoms with Gasteiger partial charge in [0.2, 0.25) is 5.91 Å². The molecule has 0 aliphatic heterocycles. The number of carbonyl (C=O) groups is 1. The van der Waals surface area contributed by atoms with Gasteiger partial charge in [-0.15, -0.1) is 6.58 Å². The van der Waals surface area contributed by atoms with Crippen LogP contribution < -0.4 is 11.1 Å². The van der Waals surface area contributed by atoms with Crippen LogP contribution >= 0.6 is 0 Å². The third-order valence-corrected chi connectivity index (χ3v) is 2.58. The van der Waals surface area contributed by atoms with Crippen LogP contribution in [0.1, 0.15) is 25.7 Å². The SMILES string of the molecule is C=CCNC(=O)[C@@H]1CCCC[C@H]1N. The molecule has 3 N–H and O–H groups in total. The van der Waals surface area contributed by atoms with Gasteiger partial charge in [-0.25, -0.2) is 0 Å². The van der Waals surface area contributed by atoms with Gasteiger partial charge in [-0.05, 0) is 12.8 Å². The topological polar surface area (TPSA) is 55.1 Å². The minimum Gasteiger partial charge on any atom is -0.352 e. The molecule has 0 aromatic carbocycles. The average Bonchev–Trinajstić information content (AvgIpc) is 2.15. The second-order valence-electron chi connectivity index (χ2n) is 3.59. The normalized spacial score (nSPS) is 28.1. The fraction of sp³-hybridized carbons (Fsp3) is 0.700. The van der Waals surface area contributed by atoms with E-state index in [1.165, 1.54) is 0 Å². The zero-order chi connectivity index (χ0) is 9.68. The number of nitrogens with two attached hydrogens (primary N) is 1. The standard InChI is InChI=1S/C10H18N2O/c1-2-7-12-10(13)8-5-3-4-6-9(8)11/h2,8-9H,1,3-7,11H2,(H,12,13)/t8-,9-/m1/s1. The van der Waals surface area contributed by atoms with Gasteiger partial charge in [0.1, 0.15) is 0 Å². The molecule has 74 valence electrons. The molecule has 1 saturated carbocycles. The summed E-state index contributed by atoms with van der Waals surface area (Å²) in [4.78, 5) is 11.5. The first-order chi connectivity index (χ1) is 6.25. The monoisotopic (exact) mass is 182 g/mol. The third-order valence-electron chi connectivity index (χ3n) is 2.58. The fourth-order valence-corrected chi connectivity index (χ4v) is 1.79. The Bertz CT molecular complexity index is 191. The van der Waals surface area contributed by atoms with Crippen molar-refractivity contribution in [2.75, 3.05) is 6.54 Å². The Morgan fingerprint density at radius 2 is 2.23 bits per heavy atom. The van der Waals surface area contributed by atoms with Crippen molar-refractivity contribution in [3.63, 3.8) is 0 Å². The van der Waals surface area contributed by atoms with E-state index in [1.807, 2.05) is 0 Å². The molecule has 0 radical (unpaired) electrons.